The SMILES string of the molecule is Cc1cncc(-c2cc3c(cn2)cnn3-c2c[nH]c(=O)c(C)n2)n1. The van der Waals surface area contributed by atoms with Crippen LogP contribution in [0.4, 0.5) is 0 Å². The van der Waals surface area contributed by atoms with Crippen molar-refractivity contribution in [2.24, 2.45) is 0 Å². The third-order valence-corrected chi connectivity index (χ3v) is 3.63. The van der Waals surface area contributed by atoms with Gasteiger partial charge in [0.05, 0.1) is 29.3 Å². The van der Waals surface area contributed by atoms with Gasteiger partial charge in [-0.3, -0.25) is 14.8 Å². The minimum absolute atomic E-state index is 0.215. The number of aryl methyl sites for hydroxylation is 2. The van der Waals surface area contributed by atoms with E-state index in [9.17, 15) is 4.79 Å². The van der Waals surface area contributed by atoms with Gasteiger partial charge >= 0.3 is 0 Å². The molecule has 0 aliphatic rings. The number of hydrogen-bond donors (Lipinski definition) is 1. The van der Waals surface area contributed by atoms with E-state index < -0.39 is 0 Å². The Labute approximate surface area is 136 Å². The van der Waals surface area contributed by atoms with Crippen LogP contribution in [0.15, 0.2) is 41.8 Å². The molecule has 8 nitrogen and oxygen atoms in total. The number of nitrogens with zero attached hydrogens (tertiary/aromatic N) is 6. The lowest BCUT2D eigenvalue weighted by Gasteiger charge is -2.05. The summed E-state index contributed by atoms with van der Waals surface area (Å²) in [5.74, 6) is 0.537. The van der Waals surface area contributed by atoms with Gasteiger partial charge in [0.25, 0.3) is 5.56 Å². The van der Waals surface area contributed by atoms with E-state index in [2.05, 4.69) is 30.0 Å². The predicted octanol–water partition coefficient (Wildman–Crippen LogP) is 1.58. The summed E-state index contributed by atoms with van der Waals surface area (Å²) in [5, 5.41) is 5.21. The van der Waals surface area contributed by atoms with E-state index in [0.717, 1.165) is 16.6 Å². The van der Waals surface area contributed by atoms with Crippen molar-refractivity contribution in [1.82, 2.24) is 34.7 Å². The highest BCUT2D eigenvalue weighted by Crippen LogP contribution is 2.21. The van der Waals surface area contributed by atoms with Crippen molar-refractivity contribution in [2.75, 3.05) is 0 Å². The summed E-state index contributed by atoms with van der Waals surface area (Å²) >= 11 is 0. The average molecular weight is 319 g/mol. The molecular formula is C16H13N7O. The highest BCUT2D eigenvalue weighted by atomic mass is 16.1. The van der Waals surface area contributed by atoms with Gasteiger partial charge in [-0.1, -0.05) is 0 Å². The molecule has 4 rings (SSSR count). The normalized spacial score (nSPS) is 11.1. The Morgan fingerprint density at radius 3 is 2.71 bits per heavy atom. The quantitative estimate of drug-likeness (QED) is 0.602. The molecule has 118 valence electrons. The molecule has 0 saturated heterocycles. The lowest BCUT2D eigenvalue weighted by molar-refractivity contribution is 0.848. The maximum atomic E-state index is 11.5. The molecule has 0 atom stereocenters. The second-order valence-corrected chi connectivity index (χ2v) is 5.40. The Morgan fingerprint density at radius 1 is 1.04 bits per heavy atom. The van der Waals surface area contributed by atoms with E-state index in [1.165, 1.54) is 6.20 Å². The van der Waals surface area contributed by atoms with E-state index >= 15 is 0 Å². The van der Waals surface area contributed by atoms with Crippen LogP contribution in [-0.4, -0.2) is 34.7 Å². The van der Waals surface area contributed by atoms with Crippen LogP contribution in [0.1, 0.15) is 11.4 Å². The van der Waals surface area contributed by atoms with Gasteiger partial charge < -0.3 is 4.98 Å². The highest BCUT2D eigenvalue weighted by molar-refractivity contribution is 5.82. The molecule has 0 unspecified atom stereocenters. The first kappa shape index (κ1) is 14.2. The summed E-state index contributed by atoms with van der Waals surface area (Å²) in [6.07, 6.45) is 8.34. The maximum Gasteiger partial charge on any atom is 0.269 e. The van der Waals surface area contributed by atoms with Crippen LogP contribution in [0.2, 0.25) is 0 Å². The molecule has 0 amide bonds. The summed E-state index contributed by atoms with van der Waals surface area (Å²) in [7, 11) is 0. The first-order valence-corrected chi connectivity index (χ1v) is 7.31. The Hall–Kier alpha value is -3.42. The Kier molecular flexibility index (Phi) is 3.16. The molecule has 0 spiro atoms. The first-order chi connectivity index (χ1) is 11.6. The zero-order chi connectivity index (χ0) is 16.7. The van der Waals surface area contributed by atoms with Crippen LogP contribution < -0.4 is 5.56 Å². The zero-order valence-electron chi connectivity index (χ0n) is 13.1. The van der Waals surface area contributed by atoms with Gasteiger partial charge in [-0.05, 0) is 19.9 Å². The maximum absolute atomic E-state index is 11.5. The molecule has 0 radical (unpaired) electrons. The van der Waals surface area contributed by atoms with Crippen molar-refractivity contribution >= 4 is 10.9 Å². The van der Waals surface area contributed by atoms with Crippen LogP contribution in [0.25, 0.3) is 28.1 Å². The van der Waals surface area contributed by atoms with Gasteiger partial charge in [-0.15, -0.1) is 0 Å². The standard InChI is InChI=1S/C16H13N7O/c1-9-4-17-7-13(21-9)12-3-14-11(5-18-12)6-20-23(14)15-8-19-16(24)10(2)22-15/h3-8H,1-2H3,(H,19,24). The van der Waals surface area contributed by atoms with Crippen molar-refractivity contribution in [3.05, 3.63) is 58.8 Å². The number of fused-ring (bicyclic) bond motifs is 1. The largest absolute Gasteiger partial charge is 0.324 e. The van der Waals surface area contributed by atoms with Crippen molar-refractivity contribution in [3.8, 4) is 17.2 Å². The van der Waals surface area contributed by atoms with Crippen LogP contribution in [-0.2, 0) is 0 Å². The number of hydrogen-bond acceptors (Lipinski definition) is 6. The number of H-pyrrole nitrogens is 1. The molecule has 4 aromatic rings. The Balaban J connectivity index is 1.90. The monoisotopic (exact) mass is 319 g/mol. The molecule has 0 bridgehead atoms. The fourth-order valence-corrected chi connectivity index (χ4v) is 2.43. The molecule has 0 aliphatic heterocycles. The second-order valence-electron chi connectivity index (χ2n) is 5.40. The smallest absolute Gasteiger partial charge is 0.269 e. The summed E-state index contributed by atoms with van der Waals surface area (Å²) in [4.78, 5) is 31.5. The van der Waals surface area contributed by atoms with Crippen LogP contribution >= 0.6 is 0 Å². The van der Waals surface area contributed by atoms with Gasteiger partial charge in [-0.2, -0.15) is 5.10 Å². The van der Waals surface area contributed by atoms with Crippen molar-refractivity contribution in [1.29, 1.82) is 0 Å². The third kappa shape index (κ3) is 2.34. The van der Waals surface area contributed by atoms with Crippen LogP contribution in [0.5, 0.6) is 0 Å². The summed E-state index contributed by atoms with van der Waals surface area (Å²) in [6.45, 7) is 3.54. The molecule has 1 N–H and O–H groups in total. The Morgan fingerprint density at radius 2 is 1.92 bits per heavy atom. The van der Waals surface area contributed by atoms with Crippen molar-refractivity contribution in [3.63, 3.8) is 0 Å². The van der Waals surface area contributed by atoms with Crippen molar-refractivity contribution < 1.29 is 0 Å². The van der Waals surface area contributed by atoms with Gasteiger partial charge in [-0.25, -0.2) is 14.6 Å². The second kappa shape index (κ2) is 5.34. The summed E-state index contributed by atoms with van der Waals surface area (Å²) < 4.78 is 1.66. The van der Waals surface area contributed by atoms with Gasteiger partial charge in [0.15, 0.2) is 5.82 Å². The number of aromatic amines is 1. The molecule has 24 heavy (non-hydrogen) atoms. The number of rotatable bonds is 2. The molecule has 0 fully saturated rings. The van der Waals surface area contributed by atoms with Gasteiger partial charge in [0.1, 0.15) is 11.4 Å². The fourth-order valence-electron chi connectivity index (χ4n) is 2.43. The minimum atomic E-state index is -0.215. The summed E-state index contributed by atoms with van der Waals surface area (Å²) in [6, 6.07) is 1.88. The van der Waals surface area contributed by atoms with E-state index in [-0.39, 0.29) is 5.56 Å². The van der Waals surface area contributed by atoms with Crippen LogP contribution in [0, 0.1) is 13.8 Å². The molecule has 4 aromatic heterocycles. The highest BCUT2D eigenvalue weighted by Gasteiger charge is 2.11. The number of pyridine rings is 1. The van der Waals surface area contributed by atoms with Crippen LogP contribution in [0.3, 0.4) is 0 Å². The molecule has 0 saturated carbocycles. The number of aromatic nitrogens is 7. The molecular weight excluding hydrogens is 306 g/mol. The van der Waals surface area contributed by atoms with E-state index in [1.54, 1.807) is 36.4 Å². The number of nitrogens with one attached hydrogen (secondary N) is 1. The lowest BCUT2D eigenvalue weighted by atomic mass is 10.2. The Bertz CT molecular complexity index is 1110. The lowest BCUT2D eigenvalue weighted by Crippen LogP contribution is -2.14. The molecule has 8 heteroatoms. The fraction of sp³-hybridized carbons (Fsp3) is 0.125. The first-order valence-electron chi connectivity index (χ1n) is 7.31. The predicted molar refractivity (Wildman–Crippen MR) is 87.8 cm³/mol. The minimum Gasteiger partial charge on any atom is -0.324 e. The van der Waals surface area contributed by atoms with E-state index in [0.29, 0.717) is 22.9 Å². The van der Waals surface area contributed by atoms with Gasteiger partial charge in [0, 0.05) is 24.0 Å². The van der Waals surface area contributed by atoms with Gasteiger partial charge in [0.2, 0.25) is 0 Å². The zero-order valence-corrected chi connectivity index (χ0v) is 13.1. The van der Waals surface area contributed by atoms with Crippen molar-refractivity contribution in [2.45, 2.75) is 13.8 Å². The van der Waals surface area contributed by atoms with E-state index in [4.69, 9.17) is 0 Å². The topological polar surface area (TPSA) is 102 Å². The van der Waals surface area contributed by atoms with E-state index in [1.807, 2.05) is 13.0 Å². The average Bonchev–Trinajstić information content (AvgIpc) is 3.00. The third-order valence-electron chi connectivity index (χ3n) is 3.63. The molecule has 0 aromatic carbocycles. The molecule has 0 aliphatic carbocycles. The molecule has 4 heterocycles. The summed E-state index contributed by atoms with van der Waals surface area (Å²) in [5.41, 5.74) is 3.20.